The van der Waals surface area contributed by atoms with Gasteiger partial charge in [0.15, 0.2) is 0 Å². The van der Waals surface area contributed by atoms with Gasteiger partial charge in [-0.1, -0.05) is 37.6 Å². The second-order valence-electron chi connectivity index (χ2n) is 11.0. The standard InChI is InChI=1S/C29H37ClN4O5S/c1-18(2)29(37)33-13-10-21(11-14-33)9-12-31-27(35)17-25-28(36)32-23-7-5-6-8-24(23)34(25)40(38,39)26-16-19(3)22(30)15-20(26)4/h5-8,15-16,18,21,25H,9-14,17H2,1-4H3,(H,31,35)(H,32,36)/t25-/m1/s1. The monoisotopic (exact) mass is 588 g/mol. The van der Waals surface area contributed by atoms with Crippen molar-refractivity contribution in [3.05, 3.63) is 52.5 Å². The van der Waals surface area contributed by atoms with Crippen LogP contribution in [0.1, 0.15) is 50.7 Å². The summed E-state index contributed by atoms with van der Waals surface area (Å²) in [5.41, 5.74) is 1.70. The second-order valence-corrected chi connectivity index (χ2v) is 13.1. The second kappa shape index (κ2) is 12.2. The summed E-state index contributed by atoms with van der Waals surface area (Å²) in [6.07, 6.45) is 2.18. The van der Waals surface area contributed by atoms with Crippen LogP contribution in [0, 0.1) is 25.7 Å². The lowest BCUT2D eigenvalue weighted by atomic mass is 9.93. The summed E-state index contributed by atoms with van der Waals surface area (Å²) >= 11 is 6.22. The van der Waals surface area contributed by atoms with Crippen LogP contribution in [0.4, 0.5) is 11.4 Å². The van der Waals surface area contributed by atoms with E-state index in [1.165, 1.54) is 6.07 Å². The molecular weight excluding hydrogens is 552 g/mol. The van der Waals surface area contributed by atoms with Crippen molar-refractivity contribution in [2.75, 3.05) is 29.3 Å². The highest BCUT2D eigenvalue weighted by Crippen LogP contribution is 2.38. The Hall–Kier alpha value is -3.11. The molecule has 0 aromatic heterocycles. The number of anilines is 2. The number of amides is 3. The molecule has 0 spiro atoms. The lowest BCUT2D eigenvalue weighted by molar-refractivity contribution is -0.135. The largest absolute Gasteiger partial charge is 0.356 e. The molecule has 2 aromatic rings. The van der Waals surface area contributed by atoms with Crippen molar-refractivity contribution in [2.24, 2.45) is 11.8 Å². The van der Waals surface area contributed by atoms with Crippen LogP contribution in [0.15, 0.2) is 41.3 Å². The third-order valence-electron chi connectivity index (χ3n) is 7.65. The number of aryl methyl sites for hydroxylation is 2. The van der Waals surface area contributed by atoms with Gasteiger partial charge >= 0.3 is 0 Å². The Kier molecular flexibility index (Phi) is 9.09. The topological polar surface area (TPSA) is 116 Å². The van der Waals surface area contributed by atoms with Crippen molar-refractivity contribution in [1.29, 1.82) is 0 Å². The smallest absolute Gasteiger partial charge is 0.265 e. The molecule has 2 N–H and O–H groups in total. The van der Waals surface area contributed by atoms with E-state index in [9.17, 15) is 22.8 Å². The van der Waals surface area contributed by atoms with Crippen molar-refractivity contribution in [3.63, 3.8) is 0 Å². The lowest BCUT2D eigenvalue weighted by Gasteiger charge is -2.37. The van der Waals surface area contributed by atoms with Crippen LogP contribution >= 0.6 is 11.6 Å². The molecule has 2 aliphatic rings. The Morgan fingerprint density at radius 1 is 1.10 bits per heavy atom. The quantitative estimate of drug-likeness (QED) is 0.478. The molecule has 1 fully saturated rings. The SMILES string of the molecule is Cc1cc(S(=O)(=O)N2c3ccccc3NC(=O)[C@H]2CC(=O)NCCC2CCN(C(=O)C(C)C)CC2)c(C)cc1Cl. The van der Waals surface area contributed by atoms with Gasteiger partial charge in [0.05, 0.1) is 22.7 Å². The highest BCUT2D eigenvalue weighted by molar-refractivity contribution is 7.93. The highest BCUT2D eigenvalue weighted by Gasteiger charge is 2.42. The van der Waals surface area contributed by atoms with Crippen LogP contribution in [0.5, 0.6) is 0 Å². The minimum Gasteiger partial charge on any atom is -0.356 e. The number of carbonyl (C=O) groups excluding carboxylic acids is 3. The van der Waals surface area contributed by atoms with Gasteiger partial charge in [-0.25, -0.2) is 8.42 Å². The van der Waals surface area contributed by atoms with Crippen molar-refractivity contribution in [1.82, 2.24) is 10.2 Å². The summed E-state index contributed by atoms with van der Waals surface area (Å²) in [6.45, 7) is 9.02. The third-order valence-corrected chi connectivity index (χ3v) is 10.0. The summed E-state index contributed by atoms with van der Waals surface area (Å²) in [4.78, 5) is 40.4. The van der Waals surface area contributed by atoms with Crippen LogP contribution in [0.25, 0.3) is 0 Å². The maximum atomic E-state index is 14.1. The Balaban J connectivity index is 1.47. The Labute approximate surface area is 241 Å². The van der Waals surface area contributed by atoms with E-state index in [-0.39, 0.29) is 23.1 Å². The molecule has 3 amide bonds. The lowest BCUT2D eigenvalue weighted by Crippen LogP contribution is -2.53. The number of carbonyl (C=O) groups is 3. The van der Waals surface area contributed by atoms with Gasteiger partial charge < -0.3 is 15.5 Å². The van der Waals surface area contributed by atoms with Crippen molar-refractivity contribution < 1.29 is 22.8 Å². The zero-order valence-electron chi connectivity index (χ0n) is 23.4. The van der Waals surface area contributed by atoms with Crippen LogP contribution < -0.4 is 14.9 Å². The van der Waals surface area contributed by atoms with E-state index >= 15 is 0 Å². The third kappa shape index (κ3) is 6.28. The van der Waals surface area contributed by atoms with Crippen molar-refractivity contribution >= 4 is 50.7 Å². The number of nitrogens with one attached hydrogen (secondary N) is 2. The van der Waals surface area contributed by atoms with Crippen LogP contribution in [0.3, 0.4) is 0 Å². The predicted octanol–water partition coefficient (Wildman–Crippen LogP) is 4.26. The minimum atomic E-state index is -4.23. The number of piperidine rings is 1. The molecule has 0 bridgehead atoms. The maximum absolute atomic E-state index is 14.1. The Morgan fingerprint density at radius 2 is 1.77 bits per heavy atom. The number of nitrogens with zero attached hydrogens (tertiary/aromatic N) is 2. The number of para-hydroxylation sites is 2. The molecule has 40 heavy (non-hydrogen) atoms. The summed E-state index contributed by atoms with van der Waals surface area (Å²) in [7, 11) is -4.23. The van der Waals surface area contributed by atoms with Gasteiger partial charge in [0.25, 0.3) is 10.0 Å². The van der Waals surface area contributed by atoms with Crippen LogP contribution in [0.2, 0.25) is 5.02 Å². The summed E-state index contributed by atoms with van der Waals surface area (Å²) in [5, 5.41) is 6.08. The van der Waals surface area contributed by atoms with Crippen LogP contribution in [-0.4, -0.2) is 56.7 Å². The van der Waals surface area contributed by atoms with E-state index in [2.05, 4.69) is 10.6 Å². The first-order valence-corrected chi connectivity index (χ1v) is 15.5. The zero-order chi connectivity index (χ0) is 29.2. The van der Waals surface area contributed by atoms with E-state index in [0.717, 1.165) is 23.6 Å². The van der Waals surface area contributed by atoms with Gasteiger partial charge in [0.1, 0.15) is 6.04 Å². The first-order valence-electron chi connectivity index (χ1n) is 13.7. The molecule has 9 nitrogen and oxygen atoms in total. The molecule has 0 aliphatic carbocycles. The van der Waals surface area contributed by atoms with Gasteiger partial charge in [-0.2, -0.15) is 0 Å². The molecule has 4 rings (SSSR count). The first kappa shape index (κ1) is 29.9. The van der Waals surface area contributed by atoms with E-state index in [0.29, 0.717) is 53.1 Å². The number of rotatable bonds is 8. The van der Waals surface area contributed by atoms with E-state index < -0.39 is 27.9 Å². The fraction of sp³-hybridized carbons (Fsp3) is 0.483. The molecule has 2 aliphatic heterocycles. The number of hydrogen-bond acceptors (Lipinski definition) is 5. The van der Waals surface area contributed by atoms with E-state index in [1.807, 2.05) is 18.7 Å². The molecule has 0 radical (unpaired) electrons. The molecule has 2 aromatic carbocycles. The van der Waals surface area contributed by atoms with E-state index in [1.54, 1.807) is 44.2 Å². The van der Waals surface area contributed by atoms with E-state index in [4.69, 9.17) is 11.6 Å². The molecule has 0 unspecified atom stereocenters. The number of halogens is 1. The van der Waals surface area contributed by atoms with Crippen molar-refractivity contribution in [3.8, 4) is 0 Å². The Morgan fingerprint density at radius 3 is 2.45 bits per heavy atom. The number of sulfonamides is 1. The zero-order valence-corrected chi connectivity index (χ0v) is 24.9. The fourth-order valence-electron chi connectivity index (χ4n) is 5.34. The number of benzene rings is 2. The van der Waals surface area contributed by atoms with Gasteiger partial charge in [-0.3, -0.25) is 18.7 Å². The van der Waals surface area contributed by atoms with Gasteiger partial charge in [0, 0.05) is 30.6 Å². The summed E-state index contributed by atoms with van der Waals surface area (Å²) < 4.78 is 29.2. The summed E-state index contributed by atoms with van der Waals surface area (Å²) in [5.74, 6) is -0.438. The van der Waals surface area contributed by atoms with Gasteiger partial charge in [0.2, 0.25) is 17.7 Å². The van der Waals surface area contributed by atoms with Crippen molar-refractivity contribution in [2.45, 2.75) is 64.3 Å². The molecule has 1 saturated heterocycles. The summed E-state index contributed by atoms with van der Waals surface area (Å²) in [6, 6.07) is 8.47. The van der Waals surface area contributed by atoms with Gasteiger partial charge in [-0.05, 0) is 74.4 Å². The average molecular weight is 589 g/mol. The highest BCUT2D eigenvalue weighted by atomic mass is 35.5. The normalized spacial score (nSPS) is 17.9. The Bertz CT molecular complexity index is 1400. The first-order chi connectivity index (χ1) is 18.9. The number of hydrogen-bond donors (Lipinski definition) is 2. The number of likely N-dealkylation sites (tertiary alicyclic amines) is 1. The molecule has 11 heteroatoms. The van der Waals surface area contributed by atoms with Crippen LogP contribution in [-0.2, 0) is 24.4 Å². The minimum absolute atomic E-state index is 0.0178. The molecule has 216 valence electrons. The maximum Gasteiger partial charge on any atom is 0.265 e. The molecule has 2 heterocycles. The molecule has 1 atom stereocenters. The predicted molar refractivity (Wildman–Crippen MR) is 156 cm³/mol. The number of fused-ring (bicyclic) bond motifs is 1. The molecular formula is C29H37ClN4O5S. The fourth-order valence-corrected chi connectivity index (χ4v) is 7.49. The average Bonchev–Trinajstić information content (AvgIpc) is 2.90. The molecule has 0 saturated carbocycles. The van der Waals surface area contributed by atoms with Gasteiger partial charge in [-0.15, -0.1) is 0 Å².